The average molecular weight is 225 g/mol. The smallest absolute Gasteiger partial charge is 0.102 e. The number of hydrogen-bond acceptors (Lipinski definition) is 3. The Bertz CT molecular complexity index is 747. The van der Waals surface area contributed by atoms with E-state index in [1.165, 1.54) is 25.7 Å². The highest BCUT2D eigenvalue weighted by atomic mass is 32.1. The Morgan fingerprint density at radius 2 is 1.88 bits per heavy atom. The van der Waals surface area contributed by atoms with Gasteiger partial charge in [0, 0.05) is 39.4 Å². The van der Waals surface area contributed by atoms with Crippen LogP contribution in [0.5, 0.6) is 0 Å². The van der Waals surface area contributed by atoms with E-state index in [1.807, 2.05) is 30.9 Å². The van der Waals surface area contributed by atoms with Gasteiger partial charge in [0.25, 0.3) is 0 Å². The van der Waals surface area contributed by atoms with E-state index < -0.39 is 0 Å². The second kappa shape index (κ2) is 2.80. The van der Waals surface area contributed by atoms with E-state index in [9.17, 15) is 0 Å². The van der Waals surface area contributed by atoms with Gasteiger partial charge < -0.3 is 4.98 Å². The van der Waals surface area contributed by atoms with Gasteiger partial charge in [0.2, 0.25) is 0 Å². The van der Waals surface area contributed by atoms with Crippen molar-refractivity contribution >= 4 is 42.5 Å². The van der Waals surface area contributed by atoms with Crippen LogP contribution in [-0.2, 0) is 0 Å². The van der Waals surface area contributed by atoms with Gasteiger partial charge in [0.15, 0.2) is 0 Å². The molecule has 0 bridgehead atoms. The Morgan fingerprint density at radius 1 is 1.00 bits per heavy atom. The molecule has 76 valence electrons. The average Bonchev–Trinajstić information content (AvgIpc) is 2.83. The van der Waals surface area contributed by atoms with Crippen LogP contribution in [0.25, 0.3) is 31.2 Å². The second-order valence-electron chi connectivity index (χ2n) is 3.72. The minimum atomic E-state index is 1.09. The van der Waals surface area contributed by atoms with Crippen LogP contribution in [0.3, 0.4) is 0 Å². The minimum Gasteiger partial charge on any atom is -0.345 e. The van der Waals surface area contributed by atoms with Gasteiger partial charge in [0.1, 0.15) is 4.83 Å². The summed E-state index contributed by atoms with van der Waals surface area (Å²) >= 11 is 1.76. The van der Waals surface area contributed by atoms with E-state index in [4.69, 9.17) is 0 Å². The highest BCUT2D eigenvalue weighted by Crippen LogP contribution is 2.37. The molecule has 0 spiro atoms. The molecule has 0 radical (unpaired) electrons. The van der Waals surface area contributed by atoms with Crippen LogP contribution in [0, 0.1) is 0 Å². The van der Waals surface area contributed by atoms with Crippen molar-refractivity contribution < 1.29 is 0 Å². The number of aromatic amines is 1. The first-order chi connectivity index (χ1) is 7.93. The van der Waals surface area contributed by atoms with Gasteiger partial charge in [-0.05, 0) is 12.1 Å². The predicted molar refractivity (Wildman–Crippen MR) is 66.8 cm³/mol. The summed E-state index contributed by atoms with van der Waals surface area (Å²) in [5, 5.41) is 3.72. The third kappa shape index (κ3) is 0.919. The van der Waals surface area contributed by atoms with Crippen LogP contribution in [0.4, 0.5) is 0 Å². The first-order valence-corrected chi connectivity index (χ1v) is 5.83. The molecular weight excluding hydrogens is 218 g/mol. The van der Waals surface area contributed by atoms with Crippen molar-refractivity contribution in [1.82, 2.24) is 15.0 Å². The number of aromatic nitrogens is 3. The number of fused-ring (bicyclic) bond motifs is 5. The van der Waals surface area contributed by atoms with Crippen molar-refractivity contribution in [1.29, 1.82) is 0 Å². The van der Waals surface area contributed by atoms with Crippen molar-refractivity contribution in [2.75, 3.05) is 0 Å². The molecule has 4 rings (SSSR count). The molecule has 0 saturated heterocycles. The van der Waals surface area contributed by atoms with Crippen LogP contribution in [-0.4, -0.2) is 15.0 Å². The lowest BCUT2D eigenvalue weighted by Gasteiger charge is -1.90. The lowest BCUT2D eigenvalue weighted by Crippen LogP contribution is -1.71. The second-order valence-corrected chi connectivity index (χ2v) is 4.78. The number of rotatable bonds is 0. The fourth-order valence-electron chi connectivity index (χ4n) is 2.13. The summed E-state index contributed by atoms with van der Waals surface area (Å²) in [6.07, 6.45) is 7.46. The molecule has 4 heterocycles. The monoisotopic (exact) mass is 225 g/mol. The number of H-pyrrole nitrogens is 1. The standard InChI is InChI=1S/C12H7N3S/c1-3-14-6-9-7(1)11-8-5-13-4-2-10(8)16-12(11)15-9/h1-6,15H. The van der Waals surface area contributed by atoms with Crippen LogP contribution in [0.15, 0.2) is 36.9 Å². The summed E-state index contributed by atoms with van der Waals surface area (Å²) in [6.45, 7) is 0. The van der Waals surface area contributed by atoms with E-state index in [0.717, 1.165) is 5.52 Å². The van der Waals surface area contributed by atoms with Crippen molar-refractivity contribution in [2.45, 2.75) is 0 Å². The summed E-state index contributed by atoms with van der Waals surface area (Å²) in [4.78, 5) is 12.9. The Morgan fingerprint density at radius 3 is 2.88 bits per heavy atom. The molecule has 0 atom stereocenters. The minimum absolute atomic E-state index is 1.09. The maximum atomic E-state index is 4.20. The number of pyridine rings is 2. The van der Waals surface area contributed by atoms with Gasteiger partial charge in [-0.15, -0.1) is 11.3 Å². The van der Waals surface area contributed by atoms with Crippen LogP contribution < -0.4 is 0 Å². The highest BCUT2D eigenvalue weighted by molar-refractivity contribution is 7.25. The topological polar surface area (TPSA) is 41.6 Å². The van der Waals surface area contributed by atoms with Crippen molar-refractivity contribution in [2.24, 2.45) is 0 Å². The molecule has 3 nitrogen and oxygen atoms in total. The molecule has 0 amide bonds. The molecule has 0 aromatic carbocycles. The van der Waals surface area contributed by atoms with E-state index >= 15 is 0 Å². The molecule has 0 aliphatic rings. The maximum absolute atomic E-state index is 4.20. The third-order valence-electron chi connectivity index (χ3n) is 2.83. The summed E-state index contributed by atoms with van der Waals surface area (Å²) < 4.78 is 1.27. The molecule has 0 fully saturated rings. The lowest BCUT2D eigenvalue weighted by atomic mass is 10.2. The van der Waals surface area contributed by atoms with Crippen LogP contribution >= 0.6 is 11.3 Å². The van der Waals surface area contributed by atoms with Gasteiger partial charge in [0.05, 0.1) is 11.7 Å². The van der Waals surface area contributed by atoms with Gasteiger partial charge >= 0.3 is 0 Å². The van der Waals surface area contributed by atoms with Crippen LogP contribution in [0.2, 0.25) is 0 Å². The normalized spacial score (nSPS) is 11.8. The molecule has 4 aromatic heterocycles. The van der Waals surface area contributed by atoms with E-state index in [1.54, 1.807) is 11.3 Å². The molecule has 0 saturated carbocycles. The van der Waals surface area contributed by atoms with Gasteiger partial charge in [-0.25, -0.2) is 0 Å². The summed E-state index contributed by atoms with van der Waals surface area (Å²) in [7, 11) is 0. The number of nitrogens with zero attached hydrogens (tertiary/aromatic N) is 2. The van der Waals surface area contributed by atoms with E-state index in [0.29, 0.717) is 0 Å². The lowest BCUT2D eigenvalue weighted by molar-refractivity contribution is 1.35. The third-order valence-corrected chi connectivity index (χ3v) is 3.91. The Balaban J connectivity index is 2.38. The molecule has 4 aromatic rings. The highest BCUT2D eigenvalue weighted by Gasteiger charge is 2.10. The first-order valence-electron chi connectivity index (χ1n) is 5.01. The van der Waals surface area contributed by atoms with Gasteiger partial charge in [-0.1, -0.05) is 0 Å². The summed E-state index contributed by atoms with van der Waals surface area (Å²) in [6, 6.07) is 4.11. The van der Waals surface area contributed by atoms with Gasteiger partial charge in [-0.3, -0.25) is 9.97 Å². The molecule has 1 N–H and O–H groups in total. The Labute approximate surface area is 94.8 Å². The van der Waals surface area contributed by atoms with E-state index in [-0.39, 0.29) is 0 Å². The van der Waals surface area contributed by atoms with Crippen LogP contribution in [0.1, 0.15) is 0 Å². The molecule has 16 heavy (non-hydrogen) atoms. The molecule has 0 aliphatic heterocycles. The van der Waals surface area contributed by atoms with E-state index in [2.05, 4.69) is 21.0 Å². The van der Waals surface area contributed by atoms with Gasteiger partial charge in [-0.2, -0.15) is 0 Å². The number of thiophene rings is 1. The summed E-state index contributed by atoms with van der Waals surface area (Å²) in [5.74, 6) is 0. The van der Waals surface area contributed by atoms with Crippen molar-refractivity contribution in [3.05, 3.63) is 36.9 Å². The Hall–Kier alpha value is -1.94. The Kier molecular flexibility index (Phi) is 1.44. The number of nitrogens with one attached hydrogen (secondary N) is 1. The zero-order chi connectivity index (χ0) is 10.5. The zero-order valence-electron chi connectivity index (χ0n) is 8.27. The summed E-state index contributed by atoms with van der Waals surface area (Å²) in [5.41, 5.74) is 1.09. The maximum Gasteiger partial charge on any atom is 0.102 e. The molecule has 4 heteroatoms. The van der Waals surface area contributed by atoms with Crippen molar-refractivity contribution in [3.63, 3.8) is 0 Å². The molecule has 0 aliphatic carbocycles. The predicted octanol–water partition coefficient (Wildman–Crippen LogP) is 3.33. The quantitative estimate of drug-likeness (QED) is 0.498. The molecule has 0 unspecified atom stereocenters. The molecular formula is C12H7N3S. The first kappa shape index (κ1) is 8.24. The SMILES string of the molecule is c1cc2c(cn1)[nH]c1sc3ccncc3c12. The fraction of sp³-hybridized carbons (Fsp3) is 0. The van der Waals surface area contributed by atoms with Crippen molar-refractivity contribution in [3.8, 4) is 0 Å². The largest absolute Gasteiger partial charge is 0.345 e. The zero-order valence-corrected chi connectivity index (χ0v) is 9.08. The fourth-order valence-corrected chi connectivity index (χ4v) is 3.23. The number of hydrogen-bond donors (Lipinski definition) is 1.